The molecule has 152 valence electrons. The van der Waals surface area contributed by atoms with Crippen LogP contribution in [0, 0.1) is 20.8 Å². The highest BCUT2D eigenvalue weighted by molar-refractivity contribution is 6.14. The fourth-order valence-corrected chi connectivity index (χ4v) is 3.53. The quantitative estimate of drug-likeness (QED) is 0.536. The van der Waals surface area contributed by atoms with Crippen LogP contribution in [-0.4, -0.2) is 32.0 Å². The van der Waals surface area contributed by atoms with Gasteiger partial charge < -0.3 is 10.1 Å². The molecule has 1 N–H and O–H groups in total. The number of carbonyl (C=O) groups excluding carboxylic acids is 1. The van der Waals surface area contributed by atoms with Crippen molar-refractivity contribution in [2.45, 2.75) is 27.7 Å². The molecule has 30 heavy (non-hydrogen) atoms. The first-order valence-electron chi connectivity index (χ1n) is 9.80. The van der Waals surface area contributed by atoms with Crippen LogP contribution in [0.3, 0.4) is 0 Å². The number of anilines is 1. The van der Waals surface area contributed by atoms with Crippen LogP contribution in [0.15, 0.2) is 48.8 Å². The van der Waals surface area contributed by atoms with Gasteiger partial charge in [-0.25, -0.2) is 15.0 Å². The van der Waals surface area contributed by atoms with Gasteiger partial charge in [0.25, 0.3) is 5.91 Å². The van der Waals surface area contributed by atoms with Gasteiger partial charge in [0.05, 0.1) is 35.9 Å². The van der Waals surface area contributed by atoms with Gasteiger partial charge in [-0.15, -0.1) is 0 Å². The Hall–Kier alpha value is -3.74. The van der Waals surface area contributed by atoms with Gasteiger partial charge in [0.15, 0.2) is 0 Å². The van der Waals surface area contributed by atoms with Crippen molar-refractivity contribution in [2.75, 3.05) is 11.9 Å². The third-order valence-electron chi connectivity index (χ3n) is 5.03. The number of aromatic nitrogens is 4. The van der Waals surface area contributed by atoms with E-state index >= 15 is 0 Å². The molecule has 0 spiro atoms. The number of imidazole rings is 1. The smallest absolute Gasteiger partial charge is 0.260 e. The molecule has 2 aromatic heterocycles. The van der Waals surface area contributed by atoms with Crippen molar-refractivity contribution in [3.05, 3.63) is 71.6 Å². The molecule has 0 saturated heterocycles. The maximum Gasteiger partial charge on any atom is 0.260 e. The van der Waals surface area contributed by atoms with E-state index < -0.39 is 0 Å². The number of nitrogens with zero attached hydrogens (tertiary/aromatic N) is 4. The van der Waals surface area contributed by atoms with Crippen molar-refractivity contribution in [2.24, 2.45) is 0 Å². The second kappa shape index (κ2) is 7.94. The lowest BCUT2D eigenvalue weighted by molar-refractivity contribution is 0.102. The SMILES string of the molecule is CCOc1ccc2ccccc2c1C(=O)Nc1cnc(-n2c(C)nc(C)c2C)nc1. The van der Waals surface area contributed by atoms with Crippen molar-refractivity contribution >= 4 is 22.4 Å². The average molecular weight is 401 g/mol. The molecular weight excluding hydrogens is 378 g/mol. The molecule has 2 heterocycles. The highest BCUT2D eigenvalue weighted by atomic mass is 16.5. The van der Waals surface area contributed by atoms with Gasteiger partial charge in [0.2, 0.25) is 5.95 Å². The lowest BCUT2D eigenvalue weighted by Crippen LogP contribution is -2.15. The Bertz CT molecular complexity index is 1230. The van der Waals surface area contributed by atoms with Crippen molar-refractivity contribution in [3.63, 3.8) is 0 Å². The largest absolute Gasteiger partial charge is 0.493 e. The molecule has 0 radical (unpaired) electrons. The number of nitrogens with one attached hydrogen (secondary N) is 1. The Kier molecular flexibility index (Phi) is 5.18. The Morgan fingerprint density at radius 1 is 1.07 bits per heavy atom. The number of hydrogen-bond donors (Lipinski definition) is 1. The van der Waals surface area contributed by atoms with E-state index in [1.165, 1.54) is 0 Å². The summed E-state index contributed by atoms with van der Waals surface area (Å²) in [5.41, 5.74) is 2.93. The summed E-state index contributed by atoms with van der Waals surface area (Å²) in [6.45, 7) is 8.21. The van der Waals surface area contributed by atoms with E-state index in [4.69, 9.17) is 4.74 Å². The highest BCUT2D eigenvalue weighted by Crippen LogP contribution is 2.29. The van der Waals surface area contributed by atoms with E-state index in [9.17, 15) is 4.79 Å². The zero-order valence-electron chi connectivity index (χ0n) is 17.4. The number of benzene rings is 2. The van der Waals surface area contributed by atoms with Gasteiger partial charge in [-0.3, -0.25) is 9.36 Å². The summed E-state index contributed by atoms with van der Waals surface area (Å²) >= 11 is 0. The van der Waals surface area contributed by atoms with E-state index in [0.29, 0.717) is 29.6 Å². The second-order valence-corrected chi connectivity index (χ2v) is 6.98. The summed E-state index contributed by atoms with van der Waals surface area (Å²) in [5.74, 6) is 1.62. The standard InChI is InChI=1S/C23H23N5O2/c1-5-30-20-11-10-17-8-6-7-9-19(17)21(20)22(29)27-18-12-24-23(25-13-18)28-15(3)14(2)26-16(28)4/h6-13H,5H2,1-4H3,(H,27,29). The molecule has 0 aliphatic rings. The Morgan fingerprint density at radius 3 is 2.47 bits per heavy atom. The summed E-state index contributed by atoms with van der Waals surface area (Å²) < 4.78 is 7.59. The van der Waals surface area contributed by atoms with Gasteiger partial charge >= 0.3 is 0 Å². The number of rotatable bonds is 5. The third kappa shape index (κ3) is 3.50. The third-order valence-corrected chi connectivity index (χ3v) is 5.03. The van der Waals surface area contributed by atoms with Crippen LogP contribution in [0.2, 0.25) is 0 Å². The fraction of sp³-hybridized carbons (Fsp3) is 0.217. The van der Waals surface area contributed by atoms with Gasteiger partial charge in [-0.05, 0) is 44.5 Å². The Balaban J connectivity index is 1.65. The van der Waals surface area contributed by atoms with Crippen LogP contribution >= 0.6 is 0 Å². The van der Waals surface area contributed by atoms with Gasteiger partial charge in [0, 0.05) is 5.69 Å². The highest BCUT2D eigenvalue weighted by Gasteiger charge is 2.18. The number of amides is 1. The summed E-state index contributed by atoms with van der Waals surface area (Å²) in [4.78, 5) is 26.4. The van der Waals surface area contributed by atoms with E-state index in [1.54, 1.807) is 12.4 Å². The maximum atomic E-state index is 13.1. The van der Waals surface area contributed by atoms with Crippen LogP contribution in [-0.2, 0) is 0 Å². The molecule has 0 fully saturated rings. The topological polar surface area (TPSA) is 81.9 Å². The molecule has 2 aromatic carbocycles. The van der Waals surface area contributed by atoms with Gasteiger partial charge in [-0.2, -0.15) is 0 Å². The molecule has 4 aromatic rings. The number of hydrogen-bond acceptors (Lipinski definition) is 5. The van der Waals surface area contributed by atoms with Crippen molar-refractivity contribution < 1.29 is 9.53 Å². The monoisotopic (exact) mass is 401 g/mol. The maximum absolute atomic E-state index is 13.1. The van der Waals surface area contributed by atoms with E-state index in [0.717, 1.165) is 28.0 Å². The van der Waals surface area contributed by atoms with E-state index in [-0.39, 0.29) is 5.91 Å². The minimum atomic E-state index is -0.266. The molecule has 0 aliphatic carbocycles. The summed E-state index contributed by atoms with van der Waals surface area (Å²) in [7, 11) is 0. The molecule has 0 bridgehead atoms. The summed E-state index contributed by atoms with van der Waals surface area (Å²) in [5, 5.41) is 4.70. The Labute approximate surface area is 174 Å². The summed E-state index contributed by atoms with van der Waals surface area (Å²) in [6, 6.07) is 11.5. The molecular formula is C23H23N5O2. The van der Waals surface area contributed by atoms with E-state index in [1.807, 2.05) is 68.7 Å². The normalized spacial score (nSPS) is 10.9. The van der Waals surface area contributed by atoms with Crippen LogP contribution in [0.1, 0.15) is 34.5 Å². The lowest BCUT2D eigenvalue weighted by atomic mass is 10.0. The van der Waals surface area contributed by atoms with Crippen LogP contribution in [0.4, 0.5) is 5.69 Å². The predicted molar refractivity (Wildman–Crippen MR) is 116 cm³/mol. The zero-order chi connectivity index (χ0) is 21.3. The molecule has 7 nitrogen and oxygen atoms in total. The molecule has 1 amide bonds. The minimum Gasteiger partial charge on any atom is -0.493 e. The minimum absolute atomic E-state index is 0.266. The molecule has 7 heteroatoms. The van der Waals surface area contributed by atoms with Gasteiger partial charge in [-0.1, -0.05) is 30.3 Å². The van der Waals surface area contributed by atoms with E-state index in [2.05, 4.69) is 20.3 Å². The Morgan fingerprint density at radius 2 is 1.80 bits per heavy atom. The van der Waals surface area contributed by atoms with Crippen LogP contribution in [0.25, 0.3) is 16.7 Å². The fourth-order valence-electron chi connectivity index (χ4n) is 3.53. The zero-order valence-corrected chi connectivity index (χ0v) is 17.4. The first-order valence-corrected chi connectivity index (χ1v) is 9.80. The van der Waals surface area contributed by atoms with Crippen LogP contribution in [0.5, 0.6) is 5.75 Å². The van der Waals surface area contributed by atoms with Gasteiger partial charge in [0.1, 0.15) is 11.6 Å². The van der Waals surface area contributed by atoms with Crippen LogP contribution < -0.4 is 10.1 Å². The molecule has 0 unspecified atom stereocenters. The summed E-state index contributed by atoms with van der Waals surface area (Å²) in [6.07, 6.45) is 3.19. The lowest BCUT2D eigenvalue weighted by Gasteiger charge is -2.13. The molecule has 0 aliphatic heterocycles. The van der Waals surface area contributed by atoms with Crippen molar-refractivity contribution in [3.8, 4) is 11.7 Å². The second-order valence-electron chi connectivity index (χ2n) is 6.98. The molecule has 4 rings (SSSR count). The predicted octanol–water partition coefficient (Wildman–Crippen LogP) is 4.39. The first kappa shape index (κ1) is 19.6. The van der Waals surface area contributed by atoms with Crippen molar-refractivity contribution in [1.82, 2.24) is 19.5 Å². The number of carbonyl (C=O) groups is 1. The number of ether oxygens (including phenoxy) is 1. The molecule has 0 saturated carbocycles. The molecule has 0 atom stereocenters. The average Bonchev–Trinajstić information content (AvgIpc) is 3.00. The van der Waals surface area contributed by atoms with Crippen molar-refractivity contribution in [1.29, 1.82) is 0 Å². The number of fused-ring (bicyclic) bond motifs is 1. The first-order chi connectivity index (χ1) is 14.5. The number of aryl methyl sites for hydroxylation is 2.